The van der Waals surface area contributed by atoms with E-state index in [1.54, 1.807) is 18.2 Å². The highest BCUT2D eigenvalue weighted by Gasteiger charge is 2.02. The standard InChI is InChI=1S/C10H9FN2/c11-9-5-1-4-8-7(9)3-2-6-10(8)13-12/h1-6,13H,12H2. The minimum absolute atomic E-state index is 0.227. The molecule has 0 unspecified atom stereocenters. The third kappa shape index (κ3) is 1.23. The fourth-order valence-electron chi connectivity index (χ4n) is 1.40. The van der Waals surface area contributed by atoms with Crippen molar-refractivity contribution in [2.75, 3.05) is 5.43 Å². The van der Waals surface area contributed by atoms with Crippen LogP contribution in [-0.2, 0) is 0 Å². The minimum Gasteiger partial charge on any atom is -0.324 e. The molecule has 2 aromatic carbocycles. The Morgan fingerprint density at radius 1 is 1.00 bits per heavy atom. The van der Waals surface area contributed by atoms with Crippen LogP contribution < -0.4 is 11.3 Å². The van der Waals surface area contributed by atoms with Gasteiger partial charge in [-0.2, -0.15) is 0 Å². The second kappa shape index (κ2) is 3.03. The molecule has 2 aromatic rings. The lowest BCUT2D eigenvalue weighted by Crippen LogP contribution is -2.06. The van der Waals surface area contributed by atoms with Crippen LogP contribution in [0.15, 0.2) is 36.4 Å². The van der Waals surface area contributed by atoms with Crippen LogP contribution in [0.3, 0.4) is 0 Å². The van der Waals surface area contributed by atoms with Gasteiger partial charge < -0.3 is 5.43 Å². The zero-order valence-corrected chi connectivity index (χ0v) is 6.92. The van der Waals surface area contributed by atoms with E-state index in [-0.39, 0.29) is 5.82 Å². The Morgan fingerprint density at radius 3 is 2.46 bits per heavy atom. The predicted octanol–water partition coefficient (Wildman–Crippen LogP) is 2.26. The third-order valence-corrected chi connectivity index (χ3v) is 2.02. The van der Waals surface area contributed by atoms with E-state index in [0.29, 0.717) is 5.39 Å². The van der Waals surface area contributed by atoms with Gasteiger partial charge in [0.1, 0.15) is 5.82 Å². The van der Waals surface area contributed by atoms with Gasteiger partial charge in [0.05, 0.1) is 5.69 Å². The van der Waals surface area contributed by atoms with Gasteiger partial charge in [0, 0.05) is 10.8 Å². The van der Waals surface area contributed by atoms with Crippen molar-refractivity contribution in [2.45, 2.75) is 0 Å². The van der Waals surface area contributed by atoms with E-state index in [4.69, 9.17) is 5.84 Å². The summed E-state index contributed by atoms with van der Waals surface area (Å²) in [5.41, 5.74) is 3.26. The zero-order valence-electron chi connectivity index (χ0n) is 6.92. The lowest BCUT2D eigenvalue weighted by molar-refractivity contribution is 0.640. The SMILES string of the molecule is NNc1cccc2c(F)cccc12. The quantitative estimate of drug-likeness (QED) is 0.516. The first-order valence-electron chi connectivity index (χ1n) is 3.97. The molecule has 0 aliphatic carbocycles. The van der Waals surface area contributed by atoms with Gasteiger partial charge in [0.25, 0.3) is 0 Å². The topological polar surface area (TPSA) is 38.0 Å². The van der Waals surface area contributed by atoms with Crippen LogP contribution in [0.2, 0.25) is 0 Å². The lowest BCUT2D eigenvalue weighted by atomic mass is 10.1. The molecule has 0 aliphatic heterocycles. The number of hydrogen-bond acceptors (Lipinski definition) is 2. The largest absolute Gasteiger partial charge is 0.324 e. The molecular formula is C10H9FN2. The van der Waals surface area contributed by atoms with E-state index >= 15 is 0 Å². The third-order valence-electron chi connectivity index (χ3n) is 2.02. The van der Waals surface area contributed by atoms with E-state index in [0.717, 1.165) is 11.1 Å². The molecule has 0 aromatic heterocycles. The molecule has 0 spiro atoms. The number of benzene rings is 2. The molecule has 0 aliphatic rings. The molecule has 3 heteroatoms. The van der Waals surface area contributed by atoms with E-state index in [9.17, 15) is 4.39 Å². The summed E-state index contributed by atoms with van der Waals surface area (Å²) in [4.78, 5) is 0. The second-order valence-electron chi connectivity index (χ2n) is 2.78. The second-order valence-corrected chi connectivity index (χ2v) is 2.78. The molecule has 2 rings (SSSR count). The summed E-state index contributed by atoms with van der Waals surface area (Å²) in [7, 11) is 0. The van der Waals surface area contributed by atoms with Crippen molar-refractivity contribution in [3.63, 3.8) is 0 Å². The number of fused-ring (bicyclic) bond motifs is 1. The van der Waals surface area contributed by atoms with Crippen molar-refractivity contribution in [3.8, 4) is 0 Å². The molecule has 0 amide bonds. The first kappa shape index (κ1) is 8.01. The monoisotopic (exact) mass is 176 g/mol. The Kier molecular flexibility index (Phi) is 1.87. The first-order chi connectivity index (χ1) is 6.33. The van der Waals surface area contributed by atoms with Crippen LogP contribution in [0.1, 0.15) is 0 Å². The molecule has 2 nitrogen and oxygen atoms in total. The van der Waals surface area contributed by atoms with Crippen molar-refractivity contribution in [3.05, 3.63) is 42.2 Å². The summed E-state index contributed by atoms with van der Waals surface area (Å²) in [5.74, 6) is 5.07. The maximum atomic E-state index is 13.2. The Labute approximate surface area is 75.1 Å². The molecule has 0 bridgehead atoms. The molecule has 66 valence electrons. The number of hydrogen-bond donors (Lipinski definition) is 2. The highest BCUT2D eigenvalue weighted by molar-refractivity contribution is 5.93. The number of rotatable bonds is 1. The molecular weight excluding hydrogens is 167 g/mol. The van der Waals surface area contributed by atoms with Crippen molar-refractivity contribution < 1.29 is 4.39 Å². The van der Waals surface area contributed by atoms with Gasteiger partial charge in [-0.1, -0.05) is 24.3 Å². The highest BCUT2D eigenvalue weighted by Crippen LogP contribution is 2.24. The maximum Gasteiger partial charge on any atom is 0.131 e. The number of halogens is 1. The number of nitrogen functional groups attached to an aromatic ring is 1. The van der Waals surface area contributed by atoms with Gasteiger partial charge in [0.2, 0.25) is 0 Å². The van der Waals surface area contributed by atoms with Gasteiger partial charge in [-0.15, -0.1) is 0 Å². The fraction of sp³-hybridized carbons (Fsp3) is 0. The Balaban J connectivity index is 2.84. The van der Waals surface area contributed by atoms with E-state index in [2.05, 4.69) is 5.43 Å². The Bertz CT molecular complexity index is 440. The smallest absolute Gasteiger partial charge is 0.131 e. The summed E-state index contributed by atoms with van der Waals surface area (Å²) >= 11 is 0. The van der Waals surface area contributed by atoms with Crippen LogP contribution in [0.25, 0.3) is 10.8 Å². The van der Waals surface area contributed by atoms with Crippen LogP contribution in [-0.4, -0.2) is 0 Å². The van der Waals surface area contributed by atoms with Gasteiger partial charge >= 0.3 is 0 Å². The summed E-state index contributed by atoms with van der Waals surface area (Å²) in [6.07, 6.45) is 0. The first-order valence-corrected chi connectivity index (χ1v) is 3.97. The highest BCUT2D eigenvalue weighted by atomic mass is 19.1. The molecule has 0 heterocycles. The predicted molar refractivity (Wildman–Crippen MR) is 51.7 cm³/mol. The molecule has 3 N–H and O–H groups in total. The van der Waals surface area contributed by atoms with Crippen LogP contribution >= 0.6 is 0 Å². The number of nitrogens with one attached hydrogen (secondary N) is 1. The van der Waals surface area contributed by atoms with Crippen LogP contribution in [0.4, 0.5) is 10.1 Å². The summed E-state index contributed by atoms with van der Waals surface area (Å²) < 4.78 is 13.2. The van der Waals surface area contributed by atoms with Crippen LogP contribution in [0.5, 0.6) is 0 Å². The van der Waals surface area contributed by atoms with Gasteiger partial charge in [-0.3, -0.25) is 5.84 Å². The van der Waals surface area contributed by atoms with E-state index < -0.39 is 0 Å². The van der Waals surface area contributed by atoms with Crippen molar-refractivity contribution in [2.24, 2.45) is 5.84 Å². The van der Waals surface area contributed by atoms with E-state index in [1.807, 2.05) is 12.1 Å². The van der Waals surface area contributed by atoms with Gasteiger partial charge in [-0.25, -0.2) is 4.39 Å². The Hall–Kier alpha value is -1.61. The van der Waals surface area contributed by atoms with Crippen LogP contribution in [0, 0.1) is 5.82 Å². The van der Waals surface area contributed by atoms with Crippen molar-refractivity contribution in [1.29, 1.82) is 0 Å². The number of nitrogens with two attached hydrogens (primary N) is 1. The lowest BCUT2D eigenvalue weighted by Gasteiger charge is -2.05. The average molecular weight is 176 g/mol. The van der Waals surface area contributed by atoms with Crippen molar-refractivity contribution in [1.82, 2.24) is 0 Å². The molecule has 0 saturated carbocycles. The summed E-state index contributed by atoms with van der Waals surface area (Å²) in [6, 6.07) is 10.2. The molecule has 0 radical (unpaired) electrons. The average Bonchev–Trinajstić information content (AvgIpc) is 2.18. The molecule has 13 heavy (non-hydrogen) atoms. The summed E-state index contributed by atoms with van der Waals surface area (Å²) in [5, 5.41) is 1.38. The summed E-state index contributed by atoms with van der Waals surface area (Å²) in [6.45, 7) is 0. The van der Waals surface area contributed by atoms with Crippen molar-refractivity contribution >= 4 is 16.5 Å². The normalized spacial score (nSPS) is 10.3. The zero-order chi connectivity index (χ0) is 9.26. The fourth-order valence-corrected chi connectivity index (χ4v) is 1.40. The van der Waals surface area contributed by atoms with Gasteiger partial charge in [0.15, 0.2) is 0 Å². The van der Waals surface area contributed by atoms with Gasteiger partial charge in [-0.05, 0) is 12.1 Å². The number of anilines is 1. The van der Waals surface area contributed by atoms with E-state index in [1.165, 1.54) is 6.07 Å². The molecule has 0 saturated heterocycles. The molecule has 0 atom stereocenters. The minimum atomic E-state index is -0.227. The maximum absolute atomic E-state index is 13.2. The Morgan fingerprint density at radius 2 is 1.69 bits per heavy atom. The number of hydrazine groups is 1. The molecule has 0 fully saturated rings.